The molecule has 3 aromatic rings. The summed E-state index contributed by atoms with van der Waals surface area (Å²) in [4.78, 5) is 8.17. The van der Waals surface area contributed by atoms with Crippen LogP contribution in [0.3, 0.4) is 0 Å². The standard InChI is InChI=1S/C20H20F3N3O5S/c1-4-30-16-10-15-14(9-17(16)31-32(28,29)20(21,22)23)18(25-11-24-15)26-13-7-5-6-12(8-13)19(2,3)27/h5-11,27H,4H2,1-3H3,(H,24,25,26). The van der Waals surface area contributed by atoms with Gasteiger partial charge in [-0.1, -0.05) is 12.1 Å². The number of hydrogen-bond donors (Lipinski definition) is 2. The topological polar surface area (TPSA) is 111 Å². The van der Waals surface area contributed by atoms with E-state index in [9.17, 15) is 26.7 Å². The smallest absolute Gasteiger partial charge is 0.490 e. The fourth-order valence-electron chi connectivity index (χ4n) is 2.78. The summed E-state index contributed by atoms with van der Waals surface area (Å²) in [5.74, 6) is -0.693. The van der Waals surface area contributed by atoms with Gasteiger partial charge in [0.15, 0.2) is 11.5 Å². The number of benzene rings is 2. The Morgan fingerprint density at radius 2 is 1.81 bits per heavy atom. The molecule has 0 unspecified atom stereocenters. The molecule has 1 heterocycles. The molecule has 0 atom stereocenters. The monoisotopic (exact) mass is 471 g/mol. The van der Waals surface area contributed by atoms with Crippen LogP contribution in [0.2, 0.25) is 0 Å². The molecule has 8 nitrogen and oxygen atoms in total. The van der Waals surface area contributed by atoms with E-state index >= 15 is 0 Å². The minimum absolute atomic E-state index is 0.0495. The number of nitrogens with zero attached hydrogens (tertiary/aromatic N) is 2. The Kier molecular flexibility index (Phi) is 6.20. The zero-order valence-electron chi connectivity index (χ0n) is 17.3. The number of nitrogens with one attached hydrogen (secondary N) is 1. The molecule has 1 aromatic heterocycles. The first-order chi connectivity index (χ1) is 14.8. The van der Waals surface area contributed by atoms with Crippen molar-refractivity contribution in [2.45, 2.75) is 31.9 Å². The summed E-state index contributed by atoms with van der Waals surface area (Å²) in [6.07, 6.45) is 1.23. The number of aliphatic hydroxyl groups is 1. The molecule has 0 bridgehead atoms. The van der Waals surface area contributed by atoms with E-state index in [4.69, 9.17) is 4.74 Å². The molecule has 0 aliphatic carbocycles. The zero-order chi connectivity index (χ0) is 23.7. The SMILES string of the molecule is CCOc1cc2ncnc(Nc3cccc(C(C)(C)O)c3)c2cc1OS(=O)(=O)C(F)(F)F. The second-order valence-electron chi connectivity index (χ2n) is 7.22. The lowest BCUT2D eigenvalue weighted by molar-refractivity contribution is -0.0500. The fourth-order valence-corrected chi connectivity index (χ4v) is 3.24. The number of halogens is 3. The van der Waals surface area contributed by atoms with Crippen molar-refractivity contribution in [2.24, 2.45) is 0 Å². The molecule has 0 saturated heterocycles. The second-order valence-corrected chi connectivity index (χ2v) is 8.76. The predicted molar refractivity (Wildman–Crippen MR) is 111 cm³/mol. The number of alkyl halides is 3. The Hall–Kier alpha value is -3.12. The van der Waals surface area contributed by atoms with Gasteiger partial charge in [0.2, 0.25) is 0 Å². The van der Waals surface area contributed by atoms with Crippen molar-refractivity contribution in [3.63, 3.8) is 0 Å². The molecule has 0 aliphatic rings. The van der Waals surface area contributed by atoms with E-state index in [0.717, 1.165) is 6.07 Å². The lowest BCUT2D eigenvalue weighted by Crippen LogP contribution is -2.28. The number of fused-ring (bicyclic) bond motifs is 1. The van der Waals surface area contributed by atoms with Gasteiger partial charge in [-0.3, -0.25) is 0 Å². The maximum atomic E-state index is 12.8. The summed E-state index contributed by atoms with van der Waals surface area (Å²) in [7, 11) is -5.92. The van der Waals surface area contributed by atoms with Crippen molar-refractivity contribution in [2.75, 3.05) is 11.9 Å². The van der Waals surface area contributed by atoms with Gasteiger partial charge < -0.3 is 19.3 Å². The summed E-state index contributed by atoms with van der Waals surface area (Å²) in [5, 5.41) is 13.4. The summed E-state index contributed by atoms with van der Waals surface area (Å²) in [6.45, 7) is 4.86. The first kappa shape index (κ1) is 23.5. The molecule has 12 heteroatoms. The van der Waals surface area contributed by atoms with Crippen LogP contribution < -0.4 is 14.2 Å². The molecule has 0 aliphatic heterocycles. The number of rotatable bonds is 7. The Balaban J connectivity index is 2.10. The Bertz CT molecular complexity index is 1240. The van der Waals surface area contributed by atoms with Gasteiger partial charge in [0.25, 0.3) is 0 Å². The van der Waals surface area contributed by atoms with Gasteiger partial charge in [-0.05, 0) is 44.5 Å². The third-order valence-electron chi connectivity index (χ3n) is 4.32. The van der Waals surface area contributed by atoms with Crippen molar-refractivity contribution < 1.29 is 35.6 Å². The zero-order valence-corrected chi connectivity index (χ0v) is 18.1. The van der Waals surface area contributed by atoms with Gasteiger partial charge in [0, 0.05) is 17.1 Å². The number of aromatic nitrogens is 2. The lowest BCUT2D eigenvalue weighted by atomic mass is 9.98. The van der Waals surface area contributed by atoms with Crippen LogP contribution in [-0.2, 0) is 15.7 Å². The van der Waals surface area contributed by atoms with E-state index in [1.54, 1.807) is 45.0 Å². The molecule has 32 heavy (non-hydrogen) atoms. The highest BCUT2D eigenvalue weighted by Crippen LogP contribution is 2.38. The van der Waals surface area contributed by atoms with E-state index in [0.29, 0.717) is 11.3 Å². The predicted octanol–water partition coefficient (Wildman–Crippen LogP) is 4.23. The average molecular weight is 471 g/mol. The van der Waals surface area contributed by atoms with Gasteiger partial charge in [0.1, 0.15) is 12.1 Å². The van der Waals surface area contributed by atoms with Crippen LogP contribution in [0, 0.1) is 0 Å². The van der Waals surface area contributed by atoms with E-state index in [1.807, 2.05) is 0 Å². The minimum atomic E-state index is -5.92. The Labute approximate surface area is 182 Å². The van der Waals surface area contributed by atoms with Crippen molar-refractivity contribution in [1.82, 2.24) is 9.97 Å². The highest BCUT2D eigenvalue weighted by molar-refractivity contribution is 7.88. The van der Waals surface area contributed by atoms with Gasteiger partial charge in [-0.2, -0.15) is 21.6 Å². The van der Waals surface area contributed by atoms with Crippen LogP contribution in [0.25, 0.3) is 10.9 Å². The summed E-state index contributed by atoms with van der Waals surface area (Å²) >= 11 is 0. The summed E-state index contributed by atoms with van der Waals surface area (Å²) in [5.41, 5.74) is -5.30. The van der Waals surface area contributed by atoms with Crippen molar-refractivity contribution in [3.05, 3.63) is 48.3 Å². The van der Waals surface area contributed by atoms with E-state index in [1.165, 1.54) is 12.4 Å². The van der Waals surface area contributed by atoms with E-state index in [2.05, 4.69) is 19.5 Å². The second kappa shape index (κ2) is 8.43. The Morgan fingerprint density at radius 3 is 2.44 bits per heavy atom. The Morgan fingerprint density at radius 1 is 1.09 bits per heavy atom. The summed E-state index contributed by atoms with van der Waals surface area (Å²) in [6, 6.07) is 9.13. The van der Waals surface area contributed by atoms with Crippen molar-refractivity contribution in [3.8, 4) is 11.5 Å². The average Bonchev–Trinajstić information content (AvgIpc) is 2.67. The number of hydrogen-bond acceptors (Lipinski definition) is 8. The minimum Gasteiger partial charge on any atom is -0.490 e. The fraction of sp³-hybridized carbons (Fsp3) is 0.300. The van der Waals surface area contributed by atoms with Gasteiger partial charge in [0.05, 0.1) is 17.7 Å². The number of ether oxygens (including phenoxy) is 1. The molecular formula is C20H20F3N3O5S. The van der Waals surface area contributed by atoms with Gasteiger partial charge in [-0.15, -0.1) is 0 Å². The van der Waals surface area contributed by atoms with Gasteiger partial charge in [-0.25, -0.2) is 9.97 Å². The molecule has 0 amide bonds. The normalized spacial score (nSPS) is 12.6. The van der Waals surface area contributed by atoms with Crippen LogP contribution >= 0.6 is 0 Å². The van der Waals surface area contributed by atoms with Crippen LogP contribution in [0.5, 0.6) is 11.5 Å². The first-order valence-corrected chi connectivity index (χ1v) is 10.7. The van der Waals surface area contributed by atoms with E-state index in [-0.39, 0.29) is 29.1 Å². The van der Waals surface area contributed by atoms with Crippen molar-refractivity contribution in [1.29, 1.82) is 0 Å². The lowest BCUT2D eigenvalue weighted by Gasteiger charge is -2.19. The van der Waals surface area contributed by atoms with Gasteiger partial charge >= 0.3 is 15.6 Å². The van der Waals surface area contributed by atoms with Crippen LogP contribution in [0.4, 0.5) is 24.7 Å². The molecule has 0 radical (unpaired) electrons. The quantitative estimate of drug-likeness (QED) is 0.389. The maximum absolute atomic E-state index is 12.8. The highest BCUT2D eigenvalue weighted by Gasteiger charge is 2.49. The summed E-state index contributed by atoms with van der Waals surface area (Å²) < 4.78 is 71.2. The third-order valence-corrected chi connectivity index (χ3v) is 5.28. The molecular weight excluding hydrogens is 451 g/mol. The van der Waals surface area contributed by atoms with Crippen LogP contribution in [0.1, 0.15) is 26.3 Å². The molecule has 0 saturated carbocycles. The highest BCUT2D eigenvalue weighted by atomic mass is 32.2. The molecule has 172 valence electrons. The van der Waals surface area contributed by atoms with Crippen molar-refractivity contribution >= 4 is 32.5 Å². The first-order valence-electron chi connectivity index (χ1n) is 9.34. The third kappa shape index (κ3) is 5.02. The molecule has 2 aromatic carbocycles. The maximum Gasteiger partial charge on any atom is 0.534 e. The van der Waals surface area contributed by atoms with Crippen LogP contribution in [0.15, 0.2) is 42.7 Å². The largest absolute Gasteiger partial charge is 0.534 e. The van der Waals surface area contributed by atoms with E-state index < -0.39 is 27.0 Å². The molecule has 0 fully saturated rings. The molecule has 2 N–H and O–H groups in total. The molecule has 0 spiro atoms. The number of anilines is 2. The van der Waals surface area contributed by atoms with Crippen LogP contribution in [-0.4, -0.2) is 35.6 Å². The molecule has 3 rings (SSSR count).